The van der Waals surface area contributed by atoms with E-state index in [1.165, 1.54) is 0 Å². The summed E-state index contributed by atoms with van der Waals surface area (Å²) in [5.74, 6) is -0.319. The monoisotopic (exact) mass is 325 g/mol. The summed E-state index contributed by atoms with van der Waals surface area (Å²) in [6.07, 6.45) is -11.2. The average Bonchev–Trinajstić information content (AvgIpc) is 2.77. The van der Waals surface area contributed by atoms with Crippen molar-refractivity contribution in [3.63, 3.8) is 0 Å². The quantitative estimate of drug-likeness (QED) is 0.198. The number of aliphatic hydroxyl groups is 9. The highest BCUT2D eigenvalue weighted by molar-refractivity contribution is 5.11. The molecule has 1 fully saturated rings. The van der Waals surface area contributed by atoms with E-state index in [4.69, 9.17) is 5.11 Å². The van der Waals surface area contributed by atoms with Gasteiger partial charge < -0.3 is 46.0 Å². The topological polar surface area (TPSA) is 182 Å². The average molecular weight is 325 g/mol. The number of hydrogen-bond donors (Lipinski definition) is 9. The van der Waals surface area contributed by atoms with Crippen LogP contribution in [0.1, 0.15) is 12.8 Å². The summed E-state index contributed by atoms with van der Waals surface area (Å²) in [6, 6.07) is 0. The molecule has 0 heterocycles. The van der Waals surface area contributed by atoms with Crippen LogP contribution in [0.25, 0.3) is 0 Å². The molecule has 22 heavy (non-hydrogen) atoms. The Morgan fingerprint density at radius 2 is 1.41 bits per heavy atom. The second-order valence-corrected chi connectivity index (χ2v) is 5.70. The normalized spacial score (nSPS) is 32.6. The van der Waals surface area contributed by atoms with E-state index in [1.54, 1.807) is 0 Å². The van der Waals surface area contributed by atoms with Crippen molar-refractivity contribution in [2.75, 3.05) is 13.2 Å². The second-order valence-electron chi connectivity index (χ2n) is 5.70. The van der Waals surface area contributed by atoms with Crippen molar-refractivity contribution < 1.29 is 46.0 Å². The Labute approximate surface area is 127 Å². The molecule has 9 heteroatoms. The minimum atomic E-state index is -1.90. The number of aliphatic hydroxyl groups excluding tert-OH is 9. The standard InChI is InChI=1S/C13H25O9/c14-3-6-5(1-7(16)10(6)19)2-8(17)11(20)13(22)12(21)9(18)4-15/h6-22H,1-4H2/q+1/t6-,7+,8+,9+,10+,11+,12-,13-/m0/s1. The molecule has 0 saturated heterocycles. The first kappa shape index (κ1) is 19.6. The zero-order valence-corrected chi connectivity index (χ0v) is 12.0. The SMILES string of the molecule is OC[C@@H](O)[C@H](O)[C@@H](O)[C@H](O)[C@H](O)C[C+]1C[C@@H](O)[C@H](O)[C@H]1CO. The van der Waals surface area contributed by atoms with Crippen molar-refractivity contribution in [3.05, 3.63) is 5.92 Å². The van der Waals surface area contributed by atoms with Gasteiger partial charge in [0.25, 0.3) is 0 Å². The first-order chi connectivity index (χ1) is 10.2. The molecule has 9 N–H and O–H groups in total. The maximum absolute atomic E-state index is 9.91. The Morgan fingerprint density at radius 3 is 1.91 bits per heavy atom. The van der Waals surface area contributed by atoms with Gasteiger partial charge in [-0.3, -0.25) is 0 Å². The molecule has 8 atom stereocenters. The maximum Gasteiger partial charge on any atom is 0.152 e. The van der Waals surface area contributed by atoms with Crippen molar-refractivity contribution in [1.29, 1.82) is 0 Å². The lowest BCUT2D eigenvalue weighted by molar-refractivity contribution is -0.140. The van der Waals surface area contributed by atoms with E-state index in [1.807, 2.05) is 0 Å². The smallest absolute Gasteiger partial charge is 0.152 e. The van der Waals surface area contributed by atoms with Crippen molar-refractivity contribution in [2.45, 2.75) is 55.6 Å². The summed E-state index contributed by atoms with van der Waals surface area (Å²) in [5, 5.41) is 85.1. The molecule has 0 aromatic rings. The van der Waals surface area contributed by atoms with Gasteiger partial charge in [0.2, 0.25) is 0 Å². The molecule has 0 bridgehead atoms. The van der Waals surface area contributed by atoms with Gasteiger partial charge in [0, 0.05) is 0 Å². The maximum atomic E-state index is 9.91. The Kier molecular flexibility index (Phi) is 7.46. The predicted octanol–water partition coefficient (Wildman–Crippen LogP) is -4.52. The van der Waals surface area contributed by atoms with Gasteiger partial charge in [-0.1, -0.05) is 0 Å². The first-order valence-electron chi connectivity index (χ1n) is 7.07. The van der Waals surface area contributed by atoms with Crippen LogP contribution in [0, 0.1) is 11.8 Å². The lowest BCUT2D eigenvalue weighted by atomic mass is 9.87. The molecule has 0 aromatic heterocycles. The minimum absolute atomic E-state index is 0.0358. The molecular formula is C13H25O9+. The third kappa shape index (κ3) is 4.28. The van der Waals surface area contributed by atoms with Crippen LogP contribution in [0.5, 0.6) is 0 Å². The van der Waals surface area contributed by atoms with E-state index in [9.17, 15) is 40.9 Å². The van der Waals surface area contributed by atoms with Gasteiger partial charge in [0.1, 0.15) is 61.5 Å². The third-order valence-electron chi connectivity index (χ3n) is 4.15. The van der Waals surface area contributed by atoms with Crippen molar-refractivity contribution in [2.24, 2.45) is 5.92 Å². The van der Waals surface area contributed by atoms with Crippen molar-refractivity contribution in [3.8, 4) is 0 Å². The zero-order chi connectivity index (χ0) is 17.0. The highest BCUT2D eigenvalue weighted by atomic mass is 16.4. The van der Waals surface area contributed by atoms with Crippen LogP contribution in [0.4, 0.5) is 0 Å². The fourth-order valence-electron chi connectivity index (χ4n) is 2.68. The first-order valence-corrected chi connectivity index (χ1v) is 7.07. The molecule has 0 aromatic carbocycles. The van der Waals surface area contributed by atoms with Crippen LogP contribution >= 0.6 is 0 Å². The van der Waals surface area contributed by atoms with E-state index in [2.05, 4.69) is 0 Å². The molecule has 9 nitrogen and oxygen atoms in total. The van der Waals surface area contributed by atoms with Gasteiger partial charge in [0.15, 0.2) is 5.92 Å². The highest BCUT2D eigenvalue weighted by Gasteiger charge is 2.52. The van der Waals surface area contributed by atoms with Crippen LogP contribution in [0.3, 0.4) is 0 Å². The third-order valence-corrected chi connectivity index (χ3v) is 4.15. The minimum Gasteiger partial charge on any atom is -0.394 e. The fourth-order valence-corrected chi connectivity index (χ4v) is 2.68. The molecule has 1 saturated carbocycles. The van der Waals surface area contributed by atoms with E-state index < -0.39 is 61.9 Å². The van der Waals surface area contributed by atoms with E-state index in [0.717, 1.165) is 0 Å². The summed E-state index contributed by atoms with van der Waals surface area (Å²) in [6.45, 7) is -1.27. The van der Waals surface area contributed by atoms with Crippen molar-refractivity contribution >= 4 is 0 Å². The largest absolute Gasteiger partial charge is 0.394 e. The zero-order valence-electron chi connectivity index (χ0n) is 12.0. The molecule has 1 aliphatic rings. The van der Waals surface area contributed by atoms with Crippen LogP contribution < -0.4 is 0 Å². The van der Waals surface area contributed by atoms with Gasteiger partial charge in [-0.25, -0.2) is 0 Å². The van der Waals surface area contributed by atoms with Crippen LogP contribution in [-0.4, -0.2) is 102 Å². The Morgan fingerprint density at radius 1 is 0.864 bits per heavy atom. The van der Waals surface area contributed by atoms with Gasteiger partial charge in [-0.2, -0.15) is 0 Å². The summed E-state index contributed by atoms with van der Waals surface area (Å²) in [7, 11) is 0. The molecular weight excluding hydrogens is 300 g/mol. The van der Waals surface area contributed by atoms with Gasteiger partial charge in [-0.15, -0.1) is 0 Å². The van der Waals surface area contributed by atoms with Crippen LogP contribution in [-0.2, 0) is 0 Å². The van der Waals surface area contributed by atoms with E-state index in [-0.39, 0.29) is 12.8 Å². The Hall–Kier alpha value is -0.490. The summed E-state index contributed by atoms with van der Waals surface area (Å²) >= 11 is 0. The van der Waals surface area contributed by atoms with Crippen molar-refractivity contribution in [1.82, 2.24) is 0 Å². The van der Waals surface area contributed by atoms with Crippen LogP contribution in [0.15, 0.2) is 0 Å². The summed E-state index contributed by atoms with van der Waals surface area (Å²) < 4.78 is 0. The number of hydrogen-bond acceptors (Lipinski definition) is 9. The highest BCUT2D eigenvalue weighted by Crippen LogP contribution is 2.37. The molecule has 0 unspecified atom stereocenters. The fraction of sp³-hybridized carbons (Fsp3) is 0.923. The van der Waals surface area contributed by atoms with E-state index in [0.29, 0.717) is 5.92 Å². The molecule has 1 rings (SSSR count). The lowest BCUT2D eigenvalue weighted by Gasteiger charge is -2.28. The van der Waals surface area contributed by atoms with Crippen LogP contribution in [0.2, 0.25) is 0 Å². The van der Waals surface area contributed by atoms with Gasteiger partial charge >= 0.3 is 0 Å². The van der Waals surface area contributed by atoms with Gasteiger partial charge in [-0.05, 0) is 0 Å². The Bertz CT molecular complexity index is 329. The molecule has 0 aliphatic heterocycles. The predicted molar refractivity (Wildman–Crippen MR) is 72.2 cm³/mol. The molecule has 0 spiro atoms. The number of rotatable bonds is 8. The van der Waals surface area contributed by atoms with E-state index >= 15 is 0 Å². The van der Waals surface area contributed by atoms with Gasteiger partial charge in [0.05, 0.1) is 13.2 Å². The Balaban J connectivity index is 2.62. The molecule has 1 aliphatic carbocycles. The molecule has 130 valence electrons. The molecule has 0 amide bonds. The summed E-state index contributed by atoms with van der Waals surface area (Å²) in [5.41, 5.74) is 0. The lowest BCUT2D eigenvalue weighted by Crippen LogP contribution is -2.50. The molecule has 0 radical (unpaired) electrons. The second kappa shape index (κ2) is 8.39. The summed E-state index contributed by atoms with van der Waals surface area (Å²) in [4.78, 5) is 0.